The maximum atomic E-state index is 13.0. The van der Waals surface area contributed by atoms with Gasteiger partial charge in [-0.3, -0.25) is 9.48 Å². The summed E-state index contributed by atoms with van der Waals surface area (Å²) in [6, 6.07) is 7.77. The Bertz CT molecular complexity index is 900. The van der Waals surface area contributed by atoms with Crippen LogP contribution in [0.25, 0.3) is 11.5 Å². The van der Waals surface area contributed by atoms with Crippen LogP contribution in [0.2, 0.25) is 0 Å². The van der Waals surface area contributed by atoms with Crippen LogP contribution in [-0.2, 0) is 13.5 Å². The van der Waals surface area contributed by atoms with Crippen molar-refractivity contribution in [3.63, 3.8) is 0 Å². The molecule has 6 nitrogen and oxygen atoms in total. The number of amides is 1. The largest absolute Gasteiger partial charge is 0.444 e. The van der Waals surface area contributed by atoms with Crippen LogP contribution in [0.3, 0.4) is 0 Å². The molecule has 0 spiro atoms. The average molecular weight is 360 g/mol. The van der Waals surface area contributed by atoms with E-state index in [-0.39, 0.29) is 12.1 Å². The van der Waals surface area contributed by atoms with Gasteiger partial charge in [0.2, 0.25) is 5.89 Å². The second kappa shape index (κ2) is 7.47. The molecular weight excluding hydrogens is 342 g/mol. The lowest BCUT2D eigenvalue weighted by molar-refractivity contribution is 0.0937. The number of aromatic nitrogens is 3. The number of rotatable bonds is 6. The zero-order valence-electron chi connectivity index (χ0n) is 14.4. The van der Waals surface area contributed by atoms with Crippen LogP contribution in [0, 0.1) is 6.92 Å². The SMILES string of the molecule is Cc1ccc(-c2nc(CCNC(=O)c3cnn(C)c3C(F)F)co2)cc1. The molecule has 1 aromatic carbocycles. The first kappa shape index (κ1) is 17.8. The number of benzene rings is 1. The number of halogens is 2. The second-order valence-corrected chi connectivity index (χ2v) is 5.88. The number of hydrogen-bond donors (Lipinski definition) is 1. The van der Waals surface area contributed by atoms with E-state index in [4.69, 9.17) is 4.42 Å². The smallest absolute Gasteiger partial charge is 0.280 e. The van der Waals surface area contributed by atoms with Gasteiger partial charge in [0, 0.05) is 25.6 Å². The summed E-state index contributed by atoms with van der Waals surface area (Å²) in [4.78, 5) is 16.5. The lowest BCUT2D eigenvalue weighted by atomic mass is 10.1. The van der Waals surface area contributed by atoms with Crippen molar-refractivity contribution < 1.29 is 18.0 Å². The third-order valence-electron chi connectivity index (χ3n) is 3.95. The molecule has 136 valence electrons. The molecule has 0 unspecified atom stereocenters. The molecule has 0 radical (unpaired) electrons. The van der Waals surface area contributed by atoms with Gasteiger partial charge in [0.25, 0.3) is 12.3 Å². The van der Waals surface area contributed by atoms with Crippen LogP contribution >= 0.6 is 0 Å². The molecule has 0 saturated heterocycles. The molecular formula is C18H18F2N4O2. The molecule has 0 bridgehead atoms. The van der Waals surface area contributed by atoms with Crippen LogP contribution in [0.4, 0.5) is 8.78 Å². The van der Waals surface area contributed by atoms with Gasteiger partial charge in [0.15, 0.2) is 0 Å². The minimum absolute atomic E-state index is 0.122. The van der Waals surface area contributed by atoms with Crippen molar-refractivity contribution in [2.45, 2.75) is 19.8 Å². The molecule has 1 amide bonds. The van der Waals surface area contributed by atoms with E-state index in [2.05, 4.69) is 15.4 Å². The van der Waals surface area contributed by atoms with Gasteiger partial charge in [0.1, 0.15) is 12.0 Å². The van der Waals surface area contributed by atoms with Gasteiger partial charge in [-0.2, -0.15) is 5.10 Å². The number of hydrogen-bond acceptors (Lipinski definition) is 4. The number of carbonyl (C=O) groups is 1. The molecule has 0 fully saturated rings. The molecule has 0 saturated carbocycles. The van der Waals surface area contributed by atoms with E-state index < -0.39 is 18.0 Å². The quantitative estimate of drug-likeness (QED) is 0.732. The Hall–Kier alpha value is -3.03. The van der Waals surface area contributed by atoms with Gasteiger partial charge in [-0.15, -0.1) is 0 Å². The Morgan fingerprint density at radius 2 is 2.04 bits per heavy atom. The van der Waals surface area contributed by atoms with Crippen molar-refractivity contribution in [1.82, 2.24) is 20.1 Å². The van der Waals surface area contributed by atoms with Crippen LogP contribution in [0.15, 0.2) is 41.1 Å². The molecule has 8 heteroatoms. The first-order valence-corrected chi connectivity index (χ1v) is 8.05. The van der Waals surface area contributed by atoms with E-state index in [0.29, 0.717) is 18.0 Å². The van der Waals surface area contributed by atoms with Crippen LogP contribution in [-0.4, -0.2) is 27.2 Å². The van der Waals surface area contributed by atoms with Crippen molar-refractivity contribution in [3.8, 4) is 11.5 Å². The highest BCUT2D eigenvalue weighted by Gasteiger charge is 2.22. The number of carbonyl (C=O) groups excluding carboxylic acids is 1. The summed E-state index contributed by atoms with van der Waals surface area (Å²) in [5.41, 5.74) is 2.15. The van der Waals surface area contributed by atoms with Crippen molar-refractivity contribution in [2.24, 2.45) is 7.05 Å². The third-order valence-corrected chi connectivity index (χ3v) is 3.95. The minimum Gasteiger partial charge on any atom is -0.444 e. The molecule has 26 heavy (non-hydrogen) atoms. The summed E-state index contributed by atoms with van der Waals surface area (Å²) in [5.74, 6) is -0.0887. The molecule has 0 atom stereocenters. The molecule has 0 aliphatic carbocycles. The first-order chi connectivity index (χ1) is 12.5. The topological polar surface area (TPSA) is 73.0 Å². The Morgan fingerprint density at radius 3 is 2.73 bits per heavy atom. The summed E-state index contributed by atoms with van der Waals surface area (Å²) >= 11 is 0. The van der Waals surface area contributed by atoms with E-state index in [1.807, 2.05) is 31.2 Å². The van der Waals surface area contributed by atoms with E-state index in [9.17, 15) is 13.6 Å². The zero-order chi connectivity index (χ0) is 18.7. The molecule has 0 aliphatic heterocycles. The first-order valence-electron chi connectivity index (χ1n) is 8.05. The molecule has 1 N–H and O–H groups in total. The van der Waals surface area contributed by atoms with Crippen molar-refractivity contribution in [3.05, 3.63) is 59.2 Å². The fraction of sp³-hybridized carbons (Fsp3) is 0.278. The maximum absolute atomic E-state index is 13.0. The standard InChI is InChI=1S/C18H18F2N4O2/c1-11-3-5-12(6-4-11)18-23-13(10-26-18)7-8-21-17(25)14-9-22-24(2)15(14)16(19)20/h3-6,9-10,16H,7-8H2,1-2H3,(H,21,25). The van der Waals surface area contributed by atoms with E-state index in [0.717, 1.165) is 22.0 Å². The normalized spacial score (nSPS) is 11.1. The van der Waals surface area contributed by atoms with E-state index in [1.54, 1.807) is 0 Å². The fourth-order valence-corrected chi connectivity index (χ4v) is 2.53. The number of oxazole rings is 1. The molecule has 3 aromatic rings. The Morgan fingerprint density at radius 1 is 1.31 bits per heavy atom. The average Bonchev–Trinajstić information content (AvgIpc) is 3.22. The van der Waals surface area contributed by atoms with E-state index >= 15 is 0 Å². The summed E-state index contributed by atoms with van der Waals surface area (Å²) in [7, 11) is 1.38. The Kier molecular flexibility index (Phi) is 5.11. The van der Waals surface area contributed by atoms with Gasteiger partial charge in [0.05, 0.1) is 17.5 Å². The second-order valence-electron chi connectivity index (χ2n) is 5.88. The summed E-state index contributed by atoms with van der Waals surface area (Å²) < 4.78 is 32.4. The van der Waals surface area contributed by atoms with Crippen molar-refractivity contribution in [1.29, 1.82) is 0 Å². The molecule has 3 rings (SSSR count). The van der Waals surface area contributed by atoms with Crippen LogP contribution in [0.5, 0.6) is 0 Å². The maximum Gasteiger partial charge on any atom is 0.280 e. The summed E-state index contributed by atoms with van der Waals surface area (Å²) in [6.07, 6.45) is 0.319. The predicted octanol–water partition coefficient (Wildman–Crippen LogP) is 3.29. The summed E-state index contributed by atoms with van der Waals surface area (Å²) in [5, 5.41) is 6.32. The highest BCUT2D eigenvalue weighted by molar-refractivity contribution is 5.95. The molecule has 0 aliphatic rings. The Labute approximate surface area is 148 Å². The zero-order valence-corrected chi connectivity index (χ0v) is 14.4. The van der Waals surface area contributed by atoms with Gasteiger partial charge < -0.3 is 9.73 Å². The third kappa shape index (κ3) is 3.79. The minimum atomic E-state index is -2.77. The monoisotopic (exact) mass is 360 g/mol. The summed E-state index contributed by atoms with van der Waals surface area (Å²) in [6.45, 7) is 2.24. The highest BCUT2D eigenvalue weighted by atomic mass is 19.3. The molecule has 2 aromatic heterocycles. The number of nitrogens with zero attached hydrogens (tertiary/aromatic N) is 3. The van der Waals surface area contributed by atoms with Gasteiger partial charge >= 0.3 is 0 Å². The van der Waals surface area contributed by atoms with Gasteiger partial charge in [-0.1, -0.05) is 17.7 Å². The lowest BCUT2D eigenvalue weighted by Gasteiger charge is -2.05. The fourth-order valence-electron chi connectivity index (χ4n) is 2.53. The lowest BCUT2D eigenvalue weighted by Crippen LogP contribution is -2.26. The van der Waals surface area contributed by atoms with Gasteiger partial charge in [-0.25, -0.2) is 13.8 Å². The Balaban J connectivity index is 1.59. The van der Waals surface area contributed by atoms with Crippen LogP contribution in [0.1, 0.15) is 33.7 Å². The molecule has 2 heterocycles. The van der Waals surface area contributed by atoms with Crippen LogP contribution < -0.4 is 5.32 Å². The predicted molar refractivity (Wildman–Crippen MR) is 90.9 cm³/mol. The van der Waals surface area contributed by atoms with E-state index in [1.165, 1.54) is 13.3 Å². The van der Waals surface area contributed by atoms with Gasteiger partial charge in [-0.05, 0) is 19.1 Å². The highest BCUT2D eigenvalue weighted by Crippen LogP contribution is 2.22. The van der Waals surface area contributed by atoms with Crippen molar-refractivity contribution in [2.75, 3.05) is 6.54 Å². The number of alkyl halides is 2. The number of nitrogens with one attached hydrogen (secondary N) is 1. The van der Waals surface area contributed by atoms with Crippen molar-refractivity contribution >= 4 is 5.91 Å². The number of aryl methyl sites for hydroxylation is 2.